The van der Waals surface area contributed by atoms with Crippen molar-refractivity contribution in [2.45, 2.75) is 32.2 Å². The van der Waals surface area contributed by atoms with Crippen LogP contribution in [-0.2, 0) is 21.5 Å². The van der Waals surface area contributed by atoms with Gasteiger partial charge < -0.3 is 18.8 Å². The second-order valence-electron chi connectivity index (χ2n) is 8.05. The summed E-state index contributed by atoms with van der Waals surface area (Å²) in [5.74, 6) is -0.226. The summed E-state index contributed by atoms with van der Waals surface area (Å²) in [5.41, 5.74) is 0.880. The molecule has 2 amide bonds. The average Bonchev–Trinajstić information content (AvgIpc) is 3.29. The van der Waals surface area contributed by atoms with Crippen LogP contribution in [0, 0.1) is 5.92 Å². The van der Waals surface area contributed by atoms with Crippen LogP contribution in [0.25, 0.3) is 0 Å². The zero-order chi connectivity index (χ0) is 24.9. The number of hydrogen-bond donors (Lipinski definition) is 1. The zero-order valence-electron chi connectivity index (χ0n) is 18.9. The van der Waals surface area contributed by atoms with Crippen LogP contribution in [0.5, 0.6) is 5.75 Å². The summed E-state index contributed by atoms with van der Waals surface area (Å²) in [5, 5.41) is 2.94. The third-order valence-corrected chi connectivity index (χ3v) is 6.13. The van der Waals surface area contributed by atoms with E-state index in [0.29, 0.717) is 22.8 Å². The highest BCUT2D eigenvalue weighted by atomic mass is 35.5. The monoisotopic (exact) mass is 504 g/mol. The molecular formula is C24H25ClN2O6S. The highest BCUT2D eigenvalue weighted by molar-refractivity contribution is 7.87. The fourth-order valence-electron chi connectivity index (χ4n) is 3.25. The Hall–Kier alpha value is -3.30. The van der Waals surface area contributed by atoms with Gasteiger partial charge in [0.25, 0.3) is 5.91 Å². The van der Waals surface area contributed by atoms with E-state index in [-0.39, 0.29) is 40.7 Å². The topological polar surface area (TPSA) is 106 Å². The minimum Gasteiger partial charge on any atom is -0.459 e. The number of carbonyl (C=O) groups excluding carboxylic acids is 2. The lowest BCUT2D eigenvalue weighted by molar-refractivity contribution is -0.114. The molecule has 0 saturated heterocycles. The van der Waals surface area contributed by atoms with E-state index in [2.05, 4.69) is 5.32 Å². The van der Waals surface area contributed by atoms with Crippen molar-refractivity contribution in [2.24, 2.45) is 5.92 Å². The summed E-state index contributed by atoms with van der Waals surface area (Å²) in [6.07, 6.45) is 1.42. The van der Waals surface area contributed by atoms with Crippen molar-refractivity contribution in [2.75, 3.05) is 11.9 Å². The molecular weight excluding hydrogens is 480 g/mol. The number of nitrogens with one attached hydrogen (secondary N) is 1. The number of amides is 2. The van der Waals surface area contributed by atoms with Gasteiger partial charge in [0, 0.05) is 36.3 Å². The molecule has 2 aromatic carbocycles. The van der Waals surface area contributed by atoms with Gasteiger partial charge in [-0.05, 0) is 60.5 Å². The van der Waals surface area contributed by atoms with Crippen LogP contribution in [-0.4, -0.2) is 31.7 Å². The predicted octanol–water partition coefficient (Wildman–Crippen LogP) is 4.96. The van der Waals surface area contributed by atoms with Gasteiger partial charge in [0.15, 0.2) is 5.76 Å². The van der Waals surface area contributed by atoms with Crippen molar-refractivity contribution in [1.82, 2.24) is 4.90 Å². The van der Waals surface area contributed by atoms with Gasteiger partial charge in [-0.15, -0.1) is 0 Å². The summed E-state index contributed by atoms with van der Waals surface area (Å²) in [6.45, 7) is 5.75. The van der Waals surface area contributed by atoms with Crippen LogP contribution in [0.15, 0.2) is 70.2 Å². The molecule has 10 heteroatoms. The maximum Gasteiger partial charge on any atom is 0.339 e. The first-order chi connectivity index (χ1) is 16.0. The molecule has 1 heterocycles. The maximum absolute atomic E-state index is 13.0. The van der Waals surface area contributed by atoms with Crippen LogP contribution >= 0.6 is 11.6 Å². The highest BCUT2D eigenvalue weighted by Gasteiger charge is 2.24. The van der Waals surface area contributed by atoms with Crippen LogP contribution in [0.1, 0.15) is 36.9 Å². The SMILES string of the molecule is CC(=O)Nc1ccc(S(=O)(=O)Oc2ccc(Cl)cc2CN(CC(C)C)C(=O)c2ccco2)cc1. The molecule has 0 aliphatic rings. The van der Waals surface area contributed by atoms with Gasteiger partial charge >= 0.3 is 10.1 Å². The highest BCUT2D eigenvalue weighted by Crippen LogP contribution is 2.28. The van der Waals surface area contributed by atoms with Crippen molar-refractivity contribution >= 4 is 39.2 Å². The third-order valence-electron chi connectivity index (χ3n) is 4.65. The number of benzene rings is 2. The molecule has 8 nitrogen and oxygen atoms in total. The zero-order valence-corrected chi connectivity index (χ0v) is 20.5. The van der Waals surface area contributed by atoms with Gasteiger partial charge in [-0.3, -0.25) is 9.59 Å². The first kappa shape index (κ1) is 25.3. The largest absolute Gasteiger partial charge is 0.459 e. The number of halogens is 1. The molecule has 1 aromatic heterocycles. The lowest BCUT2D eigenvalue weighted by atomic mass is 10.1. The second-order valence-corrected chi connectivity index (χ2v) is 10.0. The smallest absolute Gasteiger partial charge is 0.339 e. The average molecular weight is 505 g/mol. The maximum atomic E-state index is 13.0. The lowest BCUT2D eigenvalue weighted by Gasteiger charge is -2.25. The molecule has 0 saturated carbocycles. The van der Waals surface area contributed by atoms with Gasteiger partial charge in [0.1, 0.15) is 10.6 Å². The fourth-order valence-corrected chi connectivity index (χ4v) is 4.41. The second kappa shape index (κ2) is 10.8. The summed E-state index contributed by atoms with van der Waals surface area (Å²) >= 11 is 6.17. The van der Waals surface area contributed by atoms with Crippen LogP contribution < -0.4 is 9.50 Å². The Morgan fingerprint density at radius 1 is 1.12 bits per heavy atom. The van der Waals surface area contributed by atoms with Crippen molar-refractivity contribution in [1.29, 1.82) is 0 Å². The van der Waals surface area contributed by atoms with E-state index in [9.17, 15) is 18.0 Å². The van der Waals surface area contributed by atoms with Gasteiger partial charge in [-0.1, -0.05) is 25.4 Å². The number of carbonyl (C=O) groups is 2. The Bertz CT molecular complexity index is 1260. The van der Waals surface area contributed by atoms with Gasteiger partial charge in [-0.25, -0.2) is 0 Å². The third kappa shape index (κ3) is 6.61. The molecule has 34 heavy (non-hydrogen) atoms. The van der Waals surface area contributed by atoms with Gasteiger partial charge in [0.05, 0.1) is 6.26 Å². The lowest BCUT2D eigenvalue weighted by Crippen LogP contribution is -2.33. The van der Waals surface area contributed by atoms with Gasteiger partial charge in [0.2, 0.25) is 5.91 Å². The Balaban J connectivity index is 1.88. The van der Waals surface area contributed by atoms with Crippen LogP contribution in [0.4, 0.5) is 5.69 Å². The Labute approximate surface area is 203 Å². The molecule has 0 fully saturated rings. The molecule has 1 N–H and O–H groups in total. The van der Waals surface area contributed by atoms with E-state index < -0.39 is 10.1 Å². The van der Waals surface area contributed by atoms with Crippen molar-refractivity contribution in [3.05, 3.63) is 77.2 Å². The summed E-state index contributed by atoms with van der Waals surface area (Å²) in [7, 11) is -4.19. The standard InChI is InChI=1S/C24H25ClN2O6S/c1-16(2)14-27(24(29)23-5-4-12-32-23)15-18-13-19(25)6-11-22(18)33-34(30,31)21-9-7-20(8-10-21)26-17(3)28/h4-13,16H,14-15H2,1-3H3,(H,26,28). The molecule has 3 rings (SSSR count). The predicted molar refractivity (Wildman–Crippen MR) is 128 cm³/mol. The molecule has 0 aliphatic carbocycles. The molecule has 0 spiro atoms. The number of rotatable bonds is 9. The Morgan fingerprint density at radius 3 is 2.41 bits per heavy atom. The molecule has 0 bridgehead atoms. The number of anilines is 1. The van der Waals surface area contributed by atoms with Crippen molar-refractivity contribution in [3.63, 3.8) is 0 Å². The summed E-state index contributed by atoms with van der Waals surface area (Å²) < 4.78 is 36.5. The molecule has 0 unspecified atom stereocenters. The fraction of sp³-hybridized carbons (Fsp3) is 0.250. The summed E-state index contributed by atoms with van der Waals surface area (Å²) in [6, 6.07) is 13.3. The van der Waals surface area contributed by atoms with E-state index >= 15 is 0 Å². The Kier molecular flexibility index (Phi) is 8.01. The van der Waals surface area contributed by atoms with E-state index in [4.69, 9.17) is 20.2 Å². The minimum atomic E-state index is -4.19. The van der Waals surface area contributed by atoms with E-state index in [0.717, 1.165) is 0 Å². The first-order valence-electron chi connectivity index (χ1n) is 10.5. The van der Waals surface area contributed by atoms with Crippen LogP contribution in [0.3, 0.4) is 0 Å². The number of furan rings is 1. The van der Waals surface area contributed by atoms with E-state index in [1.54, 1.807) is 23.1 Å². The molecule has 180 valence electrons. The minimum absolute atomic E-state index is 0.0522. The Morgan fingerprint density at radius 2 is 1.82 bits per heavy atom. The van der Waals surface area contributed by atoms with Gasteiger partial charge in [-0.2, -0.15) is 8.42 Å². The molecule has 0 atom stereocenters. The van der Waals surface area contributed by atoms with E-state index in [1.807, 2.05) is 13.8 Å². The molecule has 0 aliphatic heterocycles. The molecule has 3 aromatic rings. The normalized spacial score (nSPS) is 11.3. The first-order valence-corrected chi connectivity index (χ1v) is 12.3. The number of hydrogen-bond acceptors (Lipinski definition) is 6. The summed E-state index contributed by atoms with van der Waals surface area (Å²) in [4.78, 5) is 25.6. The number of nitrogens with zero attached hydrogens (tertiary/aromatic N) is 1. The van der Waals surface area contributed by atoms with Crippen LogP contribution in [0.2, 0.25) is 5.02 Å². The molecule has 0 radical (unpaired) electrons. The quantitative estimate of drug-likeness (QED) is 0.413. The van der Waals surface area contributed by atoms with E-state index in [1.165, 1.54) is 49.6 Å². The van der Waals surface area contributed by atoms with Crippen molar-refractivity contribution < 1.29 is 26.6 Å². The van der Waals surface area contributed by atoms with Crippen molar-refractivity contribution in [3.8, 4) is 5.75 Å².